The van der Waals surface area contributed by atoms with E-state index in [0.29, 0.717) is 11.1 Å². The smallest absolute Gasteiger partial charge is 0.435 e. The van der Waals surface area contributed by atoms with Gasteiger partial charge in [0.25, 0.3) is 0 Å². The van der Waals surface area contributed by atoms with Crippen molar-refractivity contribution in [2.24, 2.45) is 0 Å². The Bertz CT molecular complexity index is 546. The highest BCUT2D eigenvalue weighted by Gasteiger charge is 2.14. The second kappa shape index (κ2) is 6.05. The third-order valence-electron chi connectivity index (χ3n) is 2.40. The molecule has 0 bridgehead atoms. The third kappa shape index (κ3) is 2.45. The van der Waals surface area contributed by atoms with Crippen LogP contribution in [0.15, 0.2) is 18.3 Å². The van der Waals surface area contributed by atoms with E-state index in [9.17, 15) is 9.90 Å². The highest BCUT2D eigenvalue weighted by Crippen LogP contribution is 2.25. The first-order valence-electron chi connectivity index (χ1n) is 5.98. The molecule has 18 heavy (non-hydrogen) atoms. The predicted molar refractivity (Wildman–Crippen MR) is 69.9 cm³/mol. The number of aryl methyl sites for hydroxylation is 1. The number of benzene rings is 1. The third-order valence-corrected chi connectivity index (χ3v) is 2.40. The lowest BCUT2D eigenvalue weighted by molar-refractivity contribution is 0.151. The van der Waals surface area contributed by atoms with Crippen LogP contribution in [0.25, 0.3) is 10.9 Å². The van der Waals surface area contributed by atoms with Gasteiger partial charge in [0.2, 0.25) is 0 Å². The molecule has 0 saturated carbocycles. The van der Waals surface area contributed by atoms with Crippen molar-refractivity contribution in [3.05, 3.63) is 23.9 Å². The SMILES string of the molecule is CC.CCOC(=O)n1ncc2ccc(O)c(C)c21. The van der Waals surface area contributed by atoms with Crippen molar-refractivity contribution in [3.8, 4) is 5.75 Å². The van der Waals surface area contributed by atoms with E-state index in [-0.39, 0.29) is 12.4 Å². The van der Waals surface area contributed by atoms with Crippen LogP contribution in [-0.2, 0) is 4.74 Å². The highest BCUT2D eigenvalue weighted by molar-refractivity contribution is 5.91. The number of nitrogens with zero attached hydrogens (tertiary/aromatic N) is 2. The molecule has 0 aliphatic carbocycles. The lowest BCUT2D eigenvalue weighted by atomic mass is 10.1. The van der Waals surface area contributed by atoms with Gasteiger partial charge < -0.3 is 9.84 Å². The maximum atomic E-state index is 11.6. The van der Waals surface area contributed by atoms with Gasteiger partial charge in [-0.1, -0.05) is 13.8 Å². The first-order chi connectivity index (χ1) is 8.65. The molecule has 0 fully saturated rings. The fourth-order valence-electron chi connectivity index (χ4n) is 1.60. The van der Waals surface area contributed by atoms with Crippen LogP contribution in [-0.4, -0.2) is 27.6 Å². The summed E-state index contributed by atoms with van der Waals surface area (Å²) in [4.78, 5) is 11.6. The van der Waals surface area contributed by atoms with E-state index in [1.165, 1.54) is 0 Å². The number of carbonyl (C=O) groups is 1. The van der Waals surface area contributed by atoms with Crippen LogP contribution in [0.3, 0.4) is 0 Å². The molecule has 1 aromatic carbocycles. The van der Waals surface area contributed by atoms with Crippen molar-refractivity contribution < 1.29 is 14.6 Å². The first-order valence-corrected chi connectivity index (χ1v) is 5.98. The van der Waals surface area contributed by atoms with Crippen LogP contribution in [0.4, 0.5) is 4.79 Å². The normalized spacial score (nSPS) is 9.78. The molecule has 1 N–H and O–H groups in total. The second-order valence-electron chi connectivity index (χ2n) is 3.40. The number of carbonyl (C=O) groups excluding carboxylic acids is 1. The molecule has 2 aromatic rings. The summed E-state index contributed by atoms with van der Waals surface area (Å²) in [6, 6.07) is 3.29. The van der Waals surface area contributed by atoms with Crippen molar-refractivity contribution in [2.75, 3.05) is 6.61 Å². The van der Waals surface area contributed by atoms with Gasteiger partial charge in [0.05, 0.1) is 18.3 Å². The molecule has 0 aliphatic rings. The largest absolute Gasteiger partial charge is 0.508 e. The molecule has 5 heteroatoms. The van der Waals surface area contributed by atoms with Crippen molar-refractivity contribution in [1.29, 1.82) is 0 Å². The van der Waals surface area contributed by atoms with E-state index in [1.54, 1.807) is 32.2 Å². The topological polar surface area (TPSA) is 64.4 Å². The molecule has 1 aromatic heterocycles. The van der Waals surface area contributed by atoms with Crippen molar-refractivity contribution >= 4 is 17.0 Å². The van der Waals surface area contributed by atoms with Gasteiger partial charge in [0, 0.05) is 10.9 Å². The van der Waals surface area contributed by atoms with Crippen LogP contribution in [0.2, 0.25) is 0 Å². The monoisotopic (exact) mass is 250 g/mol. The number of phenols is 1. The Kier molecular flexibility index (Phi) is 4.71. The lowest BCUT2D eigenvalue weighted by Crippen LogP contribution is -2.15. The molecule has 0 spiro atoms. The molecule has 0 radical (unpaired) electrons. The fraction of sp³-hybridized carbons (Fsp3) is 0.385. The number of hydrogen-bond acceptors (Lipinski definition) is 4. The average Bonchev–Trinajstić information content (AvgIpc) is 2.81. The number of aromatic nitrogens is 2. The number of aromatic hydroxyl groups is 1. The molecule has 0 aliphatic heterocycles. The molecule has 5 nitrogen and oxygen atoms in total. The molecule has 0 amide bonds. The zero-order valence-corrected chi connectivity index (χ0v) is 11.1. The summed E-state index contributed by atoms with van der Waals surface area (Å²) in [5.41, 5.74) is 1.20. The van der Waals surface area contributed by atoms with Crippen molar-refractivity contribution in [3.63, 3.8) is 0 Å². The van der Waals surface area contributed by atoms with Gasteiger partial charge in [0.15, 0.2) is 0 Å². The van der Waals surface area contributed by atoms with E-state index in [0.717, 1.165) is 10.1 Å². The molecule has 2 rings (SSSR count). The lowest BCUT2D eigenvalue weighted by Gasteiger charge is -2.05. The Hall–Kier alpha value is -2.04. The van der Waals surface area contributed by atoms with Crippen molar-refractivity contribution in [1.82, 2.24) is 9.78 Å². The Morgan fingerprint density at radius 2 is 2.11 bits per heavy atom. The minimum Gasteiger partial charge on any atom is -0.508 e. The molecular weight excluding hydrogens is 232 g/mol. The molecular formula is C13H18N2O3. The van der Waals surface area contributed by atoms with E-state index >= 15 is 0 Å². The summed E-state index contributed by atoms with van der Waals surface area (Å²) < 4.78 is 6.03. The quantitative estimate of drug-likeness (QED) is 0.844. The van der Waals surface area contributed by atoms with Gasteiger partial charge in [-0.25, -0.2) is 4.79 Å². The van der Waals surface area contributed by atoms with Gasteiger partial charge in [-0.05, 0) is 26.0 Å². The second-order valence-corrected chi connectivity index (χ2v) is 3.40. The average molecular weight is 250 g/mol. The number of ether oxygens (including phenoxy) is 1. The summed E-state index contributed by atoms with van der Waals surface area (Å²) in [7, 11) is 0. The highest BCUT2D eigenvalue weighted by atomic mass is 16.5. The van der Waals surface area contributed by atoms with E-state index in [1.807, 2.05) is 13.8 Å². The van der Waals surface area contributed by atoms with Gasteiger partial charge >= 0.3 is 6.09 Å². The first kappa shape index (κ1) is 14.0. The summed E-state index contributed by atoms with van der Waals surface area (Å²) >= 11 is 0. The van der Waals surface area contributed by atoms with Gasteiger partial charge in [-0.2, -0.15) is 9.78 Å². The van der Waals surface area contributed by atoms with E-state index < -0.39 is 6.09 Å². The summed E-state index contributed by atoms with van der Waals surface area (Å²) in [6.07, 6.45) is 1.03. The van der Waals surface area contributed by atoms with Gasteiger partial charge in [0.1, 0.15) is 5.75 Å². The molecule has 1 heterocycles. The Morgan fingerprint density at radius 3 is 2.72 bits per heavy atom. The number of hydrogen-bond donors (Lipinski definition) is 1. The van der Waals surface area contributed by atoms with E-state index in [2.05, 4.69) is 5.10 Å². The van der Waals surface area contributed by atoms with Crippen molar-refractivity contribution in [2.45, 2.75) is 27.7 Å². The molecule has 0 unspecified atom stereocenters. The molecule has 0 saturated heterocycles. The van der Waals surface area contributed by atoms with Gasteiger partial charge in [-0.15, -0.1) is 0 Å². The van der Waals surface area contributed by atoms with Crippen LogP contribution >= 0.6 is 0 Å². The predicted octanol–water partition coefficient (Wildman–Crippen LogP) is 3.08. The van der Waals surface area contributed by atoms with Crippen LogP contribution in [0, 0.1) is 6.92 Å². The summed E-state index contributed by atoms with van der Waals surface area (Å²) in [5.74, 6) is 0.138. The van der Waals surface area contributed by atoms with E-state index in [4.69, 9.17) is 4.74 Å². The summed E-state index contributed by atoms with van der Waals surface area (Å²) in [6.45, 7) is 7.75. The number of rotatable bonds is 1. The minimum absolute atomic E-state index is 0.138. The fourth-order valence-corrected chi connectivity index (χ4v) is 1.60. The standard InChI is InChI=1S/C11H12N2O3.C2H6/c1-3-16-11(15)13-10-7(2)9(14)5-4-8(10)6-12-13;1-2/h4-6,14H,3H2,1-2H3;1-2H3. The number of fused-ring (bicyclic) bond motifs is 1. The number of phenolic OH excluding ortho intramolecular Hbond substituents is 1. The molecule has 0 atom stereocenters. The minimum atomic E-state index is -0.536. The Labute approximate surface area is 106 Å². The Morgan fingerprint density at radius 1 is 1.44 bits per heavy atom. The Balaban J connectivity index is 0.000000771. The maximum absolute atomic E-state index is 11.6. The van der Waals surface area contributed by atoms with Crippen LogP contribution in [0.1, 0.15) is 26.3 Å². The maximum Gasteiger partial charge on any atom is 0.435 e. The van der Waals surface area contributed by atoms with Crippen LogP contribution < -0.4 is 0 Å². The molecule has 98 valence electrons. The van der Waals surface area contributed by atoms with Crippen LogP contribution in [0.5, 0.6) is 5.75 Å². The van der Waals surface area contributed by atoms with Gasteiger partial charge in [-0.3, -0.25) is 0 Å². The zero-order valence-electron chi connectivity index (χ0n) is 11.1. The summed E-state index contributed by atoms with van der Waals surface area (Å²) in [5, 5.41) is 14.3. The zero-order chi connectivity index (χ0) is 13.7.